The molecule has 0 aliphatic rings. The average Bonchev–Trinajstić information content (AvgIpc) is 3.23. The molecule has 0 aliphatic carbocycles. The molecule has 0 saturated heterocycles. The van der Waals surface area contributed by atoms with Crippen molar-refractivity contribution >= 4 is 34.1 Å². The molecule has 0 saturated carbocycles. The van der Waals surface area contributed by atoms with Crippen LogP contribution in [0.5, 0.6) is 0 Å². The Morgan fingerprint density at radius 1 is 1.24 bits per heavy atom. The van der Waals surface area contributed by atoms with Gasteiger partial charge in [-0.15, -0.1) is 17.9 Å². The van der Waals surface area contributed by atoms with Gasteiger partial charge in [-0.3, -0.25) is 14.4 Å². The molecule has 2 aromatic heterocycles. The summed E-state index contributed by atoms with van der Waals surface area (Å²) >= 11 is 1.55. The molecule has 1 N–H and O–H groups in total. The number of nitrogens with zero attached hydrogens (tertiary/aromatic N) is 2. The first-order valence-corrected chi connectivity index (χ1v) is 9.99. The van der Waals surface area contributed by atoms with Gasteiger partial charge in [0.2, 0.25) is 0 Å². The van der Waals surface area contributed by atoms with Gasteiger partial charge in [0.25, 0.3) is 11.5 Å². The highest BCUT2D eigenvalue weighted by molar-refractivity contribution is 7.09. The minimum Gasteiger partial charge on any atom is -0.456 e. The molecule has 0 fully saturated rings. The van der Waals surface area contributed by atoms with Crippen LogP contribution in [0, 0.1) is 0 Å². The largest absolute Gasteiger partial charge is 0.456 e. The zero-order valence-corrected chi connectivity index (χ0v) is 16.6. The molecule has 2 heterocycles. The Balaban J connectivity index is 1.52. The maximum Gasteiger partial charge on any atom is 0.306 e. The second kappa shape index (κ2) is 9.79. The lowest BCUT2D eigenvalue weighted by molar-refractivity contribution is -0.152. The van der Waals surface area contributed by atoms with E-state index in [1.165, 1.54) is 0 Å². The van der Waals surface area contributed by atoms with E-state index >= 15 is 0 Å². The number of H-pyrrole nitrogens is 1. The summed E-state index contributed by atoms with van der Waals surface area (Å²) in [5.41, 5.74) is 0.325. The number of aromatic nitrogens is 2. The smallest absolute Gasteiger partial charge is 0.306 e. The lowest BCUT2D eigenvalue weighted by Gasteiger charge is -2.20. The molecule has 29 heavy (non-hydrogen) atoms. The lowest BCUT2D eigenvalue weighted by atomic mass is 10.2. The van der Waals surface area contributed by atoms with Gasteiger partial charge < -0.3 is 14.6 Å². The van der Waals surface area contributed by atoms with Crippen LogP contribution in [0.4, 0.5) is 0 Å². The van der Waals surface area contributed by atoms with E-state index in [0.717, 1.165) is 4.88 Å². The van der Waals surface area contributed by atoms with Gasteiger partial charge in [0.15, 0.2) is 6.61 Å². The van der Waals surface area contributed by atoms with Gasteiger partial charge in [-0.1, -0.05) is 24.3 Å². The predicted octanol–water partition coefficient (Wildman–Crippen LogP) is 2.68. The third kappa shape index (κ3) is 5.61. The van der Waals surface area contributed by atoms with E-state index in [1.807, 2.05) is 17.5 Å². The van der Waals surface area contributed by atoms with E-state index < -0.39 is 5.97 Å². The molecule has 0 atom stereocenters. The number of amides is 1. The Morgan fingerprint density at radius 3 is 2.83 bits per heavy atom. The minimum absolute atomic E-state index is 0.0148. The molecule has 0 radical (unpaired) electrons. The molecule has 150 valence electrons. The third-order valence-electron chi connectivity index (χ3n) is 4.21. The fourth-order valence-corrected chi connectivity index (χ4v) is 3.50. The molecule has 7 nitrogen and oxygen atoms in total. The zero-order valence-electron chi connectivity index (χ0n) is 15.8. The van der Waals surface area contributed by atoms with Crippen LogP contribution in [0.15, 0.2) is 59.2 Å². The van der Waals surface area contributed by atoms with Gasteiger partial charge in [0.1, 0.15) is 5.82 Å². The fourth-order valence-electron chi connectivity index (χ4n) is 2.78. The summed E-state index contributed by atoms with van der Waals surface area (Å²) < 4.78 is 5.11. The summed E-state index contributed by atoms with van der Waals surface area (Å²) in [6.07, 6.45) is 1.87. The van der Waals surface area contributed by atoms with Crippen LogP contribution in [0.3, 0.4) is 0 Å². The molecule has 8 heteroatoms. The summed E-state index contributed by atoms with van der Waals surface area (Å²) in [4.78, 5) is 46.1. The molecule has 0 bridgehead atoms. The van der Waals surface area contributed by atoms with E-state index in [-0.39, 0.29) is 30.9 Å². The van der Waals surface area contributed by atoms with Crippen molar-refractivity contribution in [3.63, 3.8) is 0 Å². The summed E-state index contributed by atoms with van der Waals surface area (Å²) in [5, 5.41) is 2.44. The van der Waals surface area contributed by atoms with E-state index in [0.29, 0.717) is 29.8 Å². The van der Waals surface area contributed by atoms with Crippen molar-refractivity contribution in [3.8, 4) is 0 Å². The Bertz CT molecular complexity index is 1060. The van der Waals surface area contributed by atoms with Crippen LogP contribution in [-0.2, 0) is 27.3 Å². The number of esters is 1. The van der Waals surface area contributed by atoms with Crippen molar-refractivity contribution in [1.82, 2.24) is 14.9 Å². The van der Waals surface area contributed by atoms with Crippen LogP contribution in [0.25, 0.3) is 10.9 Å². The Morgan fingerprint density at radius 2 is 2.07 bits per heavy atom. The SMILES string of the molecule is C=CCN(Cc1cccs1)C(=O)COC(=O)CCc1nc2ccccc2c(=O)[nH]1. The number of hydrogen-bond donors (Lipinski definition) is 1. The fraction of sp³-hybridized carbons (Fsp3) is 0.238. The second-order valence-electron chi connectivity index (χ2n) is 6.33. The van der Waals surface area contributed by atoms with Gasteiger partial charge >= 0.3 is 5.97 Å². The summed E-state index contributed by atoms with van der Waals surface area (Å²) in [5.74, 6) is -0.407. The first kappa shape index (κ1) is 20.5. The van der Waals surface area contributed by atoms with Crippen molar-refractivity contribution in [1.29, 1.82) is 0 Å². The number of aryl methyl sites for hydroxylation is 1. The Hall–Kier alpha value is -3.26. The normalized spacial score (nSPS) is 10.6. The first-order chi connectivity index (χ1) is 14.1. The van der Waals surface area contributed by atoms with Crippen molar-refractivity contribution < 1.29 is 14.3 Å². The lowest BCUT2D eigenvalue weighted by Crippen LogP contribution is -2.34. The molecule has 1 amide bonds. The van der Waals surface area contributed by atoms with Crippen molar-refractivity contribution in [2.75, 3.05) is 13.2 Å². The number of benzene rings is 1. The van der Waals surface area contributed by atoms with E-state index in [2.05, 4.69) is 16.5 Å². The highest BCUT2D eigenvalue weighted by Gasteiger charge is 2.16. The number of thiophene rings is 1. The number of hydrogen-bond acceptors (Lipinski definition) is 6. The predicted molar refractivity (Wildman–Crippen MR) is 112 cm³/mol. The van der Waals surface area contributed by atoms with E-state index in [9.17, 15) is 14.4 Å². The monoisotopic (exact) mass is 411 g/mol. The topological polar surface area (TPSA) is 92.4 Å². The number of ether oxygens (including phenoxy) is 1. The Labute approximate surface area is 171 Å². The maximum absolute atomic E-state index is 12.4. The second-order valence-corrected chi connectivity index (χ2v) is 7.36. The van der Waals surface area contributed by atoms with Gasteiger partial charge in [-0.2, -0.15) is 0 Å². The molecule has 3 rings (SSSR count). The standard InChI is InChI=1S/C21H21N3O4S/c1-2-11-24(13-15-6-5-12-29-15)19(25)14-28-20(26)10-9-18-22-17-8-4-3-7-16(17)21(27)23-18/h2-8,12H,1,9-11,13-14H2,(H,22,23,27). The third-order valence-corrected chi connectivity index (χ3v) is 5.07. The molecular formula is C21H21N3O4S. The molecule has 3 aromatic rings. The highest BCUT2D eigenvalue weighted by atomic mass is 32.1. The zero-order chi connectivity index (χ0) is 20.6. The Kier molecular flexibility index (Phi) is 6.91. The van der Waals surface area contributed by atoms with Crippen LogP contribution < -0.4 is 5.56 Å². The van der Waals surface area contributed by atoms with E-state index in [1.54, 1.807) is 46.6 Å². The van der Waals surface area contributed by atoms with Crippen molar-refractivity contribution in [3.05, 3.63) is 75.5 Å². The minimum atomic E-state index is -0.524. The molecule has 1 aromatic carbocycles. The van der Waals surface area contributed by atoms with Crippen molar-refractivity contribution in [2.24, 2.45) is 0 Å². The summed E-state index contributed by atoms with van der Waals surface area (Å²) in [6.45, 7) is 4.15. The van der Waals surface area contributed by atoms with Gasteiger partial charge in [0, 0.05) is 17.8 Å². The summed E-state index contributed by atoms with van der Waals surface area (Å²) in [7, 11) is 0. The number of fused-ring (bicyclic) bond motifs is 1. The van der Waals surface area contributed by atoms with Gasteiger partial charge in [0.05, 0.1) is 23.9 Å². The summed E-state index contributed by atoms with van der Waals surface area (Å²) in [6, 6.07) is 10.9. The molecule has 0 spiro atoms. The average molecular weight is 411 g/mol. The quantitative estimate of drug-likeness (QED) is 0.432. The maximum atomic E-state index is 12.4. The number of aromatic amines is 1. The number of carbonyl (C=O) groups excluding carboxylic acids is 2. The number of carbonyl (C=O) groups is 2. The van der Waals surface area contributed by atoms with Crippen LogP contribution >= 0.6 is 11.3 Å². The van der Waals surface area contributed by atoms with Gasteiger partial charge in [-0.05, 0) is 23.6 Å². The van der Waals surface area contributed by atoms with E-state index in [4.69, 9.17) is 4.74 Å². The number of nitrogens with one attached hydrogen (secondary N) is 1. The van der Waals surface area contributed by atoms with Crippen molar-refractivity contribution in [2.45, 2.75) is 19.4 Å². The number of rotatable bonds is 9. The molecule has 0 aliphatic heterocycles. The van der Waals surface area contributed by atoms with Gasteiger partial charge in [-0.25, -0.2) is 4.98 Å². The number of para-hydroxylation sites is 1. The van der Waals surface area contributed by atoms with Crippen LogP contribution in [0.1, 0.15) is 17.1 Å². The van der Waals surface area contributed by atoms with Crippen LogP contribution in [-0.4, -0.2) is 39.9 Å². The first-order valence-electron chi connectivity index (χ1n) is 9.11. The van der Waals surface area contributed by atoms with Crippen LogP contribution in [0.2, 0.25) is 0 Å². The molecular weight excluding hydrogens is 390 g/mol. The highest BCUT2D eigenvalue weighted by Crippen LogP contribution is 2.12. The molecule has 0 unspecified atom stereocenters.